The number of aryl methyl sites for hydroxylation is 1. The first-order valence-corrected chi connectivity index (χ1v) is 6.76. The summed E-state index contributed by atoms with van der Waals surface area (Å²) in [5.41, 5.74) is 3.28. The standard InChI is InChI=1S/C16H15N3O2/c1-19-14-4-3-13(10-12(14)2-5-15(19)20)18-16(21)11-6-8-17-9-7-11/h3-4,6-10H,2,5H2,1H3,(H,18,21). The lowest BCUT2D eigenvalue weighted by atomic mass is 10.0. The van der Waals surface area contributed by atoms with Crippen LogP contribution in [0.4, 0.5) is 11.4 Å². The van der Waals surface area contributed by atoms with Gasteiger partial charge in [-0.1, -0.05) is 0 Å². The molecule has 0 saturated carbocycles. The summed E-state index contributed by atoms with van der Waals surface area (Å²) in [5.74, 6) is -0.0475. The van der Waals surface area contributed by atoms with Gasteiger partial charge >= 0.3 is 0 Å². The number of pyridine rings is 1. The predicted octanol–water partition coefficient (Wildman–Crippen LogP) is 2.24. The number of carbonyl (C=O) groups is 2. The summed E-state index contributed by atoms with van der Waals surface area (Å²) in [6, 6.07) is 8.94. The maximum atomic E-state index is 12.1. The molecule has 21 heavy (non-hydrogen) atoms. The number of nitrogens with one attached hydrogen (secondary N) is 1. The Balaban J connectivity index is 1.82. The van der Waals surface area contributed by atoms with Crippen LogP contribution in [0, 0.1) is 0 Å². The van der Waals surface area contributed by atoms with Crippen molar-refractivity contribution >= 4 is 23.2 Å². The molecule has 5 nitrogen and oxygen atoms in total. The first-order valence-electron chi connectivity index (χ1n) is 6.76. The Morgan fingerprint density at radius 1 is 1.19 bits per heavy atom. The lowest BCUT2D eigenvalue weighted by Gasteiger charge is -2.26. The van der Waals surface area contributed by atoms with Crippen LogP contribution in [-0.4, -0.2) is 23.8 Å². The quantitative estimate of drug-likeness (QED) is 0.918. The van der Waals surface area contributed by atoms with Gasteiger partial charge in [0.1, 0.15) is 0 Å². The number of aromatic nitrogens is 1. The third-order valence-electron chi connectivity index (χ3n) is 3.62. The van der Waals surface area contributed by atoms with Crippen LogP contribution in [-0.2, 0) is 11.2 Å². The van der Waals surface area contributed by atoms with Crippen LogP contribution in [0.15, 0.2) is 42.7 Å². The van der Waals surface area contributed by atoms with Crippen molar-refractivity contribution in [2.24, 2.45) is 0 Å². The fourth-order valence-electron chi connectivity index (χ4n) is 2.44. The van der Waals surface area contributed by atoms with E-state index in [0.29, 0.717) is 18.4 Å². The number of nitrogens with zero attached hydrogens (tertiary/aromatic N) is 2. The molecule has 3 rings (SSSR count). The van der Waals surface area contributed by atoms with Crippen LogP contribution in [0.2, 0.25) is 0 Å². The Labute approximate surface area is 122 Å². The summed E-state index contributed by atoms with van der Waals surface area (Å²) < 4.78 is 0. The molecule has 106 valence electrons. The molecule has 0 unspecified atom stereocenters. The van der Waals surface area contributed by atoms with Crippen molar-refractivity contribution in [3.8, 4) is 0 Å². The second-order valence-corrected chi connectivity index (χ2v) is 4.99. The Morgan fingerprint density at radius 2 is 1.95 bits per heavy atom. The van der Waals surface area contributed by atoms with Gasteiger partial charge in [-0.2, -0.15) is 0 Å². The van der Waals surface area contributed by atoms with Gasteiger partial charge in [0, 0.05) is 42.8 Å². The van der Waals surface area contributed by atoms with Gasteiger partial charge in [-0.3, -0.25) is 14.6 Å². The molecule has 1 N–H and O–H groups in total. The number of fused-ring (bicyclic) bond motifs is 1. The molecule has 0 aliphatic carbocycles. The molecule has 5 heteroatoms. The molecule has 1 aliphatic rings. The van der Waals surface area contributed by atoms with Gasteiger partial charge in [0.25, 0.3) is 5.91 Å². The zero-order valence-corrected chi connectivity index (χ0v) is 11.7. The Kier molecular flexibility index (Phi) is 3.39. The van der Waals surface area contributed by atoms with Gasteiger partial charge in [-0.05, 0) is 42.3 Å². The highest BCUT2D eigenvalue weighted by Crippen LogP contribution is 2.29. The van der Waals surface area contributed by atoms with Crippen LogP contribution in [0.5, 0.6) is 0 Å². The third kappa shape index (κ3) is 2.63. The number of rotatable bonds is 2. The van der Waals surface area contributed by atoms with Gasteiger partial charge in [0.05, 0.1) is 0 Å². The second kappa shape index (κ2) is 5.36. The topological polar surface area (TPSA) is 62.3 Å². The lowest BCUT2D eigenvalue weighted by Crippen LogP contribution is -2.31. The molecule has 0 radical (unpaired) electrons. The highest BCUT2D eigenvalue weighted by atomic mass is 16.2. The third-order valence-corrected chi connectivity index (χ3v) is 3.62. The molecule has 1 aromatic heterocycles. The number of carbonyl (C=O) groups excluding carboxylic acids is 2. The first-order chi connectivity index (χ1) is 10.1. The molecule has 0 atom stereocenters. The molecule has 0 fully saturated rings. The fourth-order valence-corrected chi connectivity index (χ4v) is 2.44. The average Bonchev–Trinajstić information content (AvgIpc) is 2.52. The minimum Gasteiger partial charge on any atom is -0.322 e. The van der Waals surface area contributed by atoms with Crippen molar-refractivity contribution in [2.45, 2.75) is 12.8 Å². The van der Waals surface area contributed by atoms with Crippen molar-refractivity contribution in [3.63, 3.8) is 0 Å². The summed E-state index contributed by atoms with van der Waals surface area (Å²) in [6.45, 7) is 0. The van der Waals surface area contributed by atoms with Crippen LogP contribution in [0.1, 0.15) is 22.3 Å². The zero-order valence-electron chi connectivity index (χ0n) is 11.7. The summed E-state index contributed by atoms with van der Waals surface area (Å²) in [7, 11) is 1.77. The summed E-state index contributed by atoms with van der Waals surface area (Å²) in [4.78, 5) is 29.3. The Bertz CT molecular complexity index is 698. The van der Waals surface area contributed by atoms with Crippen molar-refractivity contribution < 1.29 is 9.59 Å². The van der Waals surface area contributed by atoms with Crippen LogP contribution < -0.4 is 10.2 Å². The van der Waals surface area contributed by atoms with Crippen LogP contribution in [0.3, 0.4) is 0 Å². The monoisotopic (exact) mass is 281 g/mol. The molecular weight excluding hydrogens is 266 g/mol. The molecule has 2 aromatic rings. The Morgan fingerprint density at radius 3 is 2.71 bits per heavy atom. The zero-order chi connectivity index (χ0) is 14.8. The van der Waals surface area contributed by atoms with E-state index in [4.69, 9.17) is 0 Å². The highest BCUT2D eigenvalue weighted by molar-refractivity contribution is 6.04. The molecule has 1 aliphatic heterocycles. The van der Waals surface area contributed by atoms with E-state index < -0.39 is 0 Å². The first kappa shape index (κ1) is 13.3. The second-order valence-electron chi connectivity index (χ2n) is 4.99. The number of anilines is 2. The number of hydrogen-bond acceptors (Lipinski definition) is 3. The van der Waals surface area contributed by atoms with Gasteiger partial charge in [0.15, 0.2) is 0 Å². The fraction of sp³-hybridized carbons (Fsp3) is 0.188. The Hall–Kier alpha value is -2.69. The normalized spacial score (nSPS) is 13.8. The van der Waals surface area contributed by atoms with E-state index in [1.807, 2.05) is 18.2 Å². The SMILES string of the molecule is CN1C(=O)CCc2cc(NC(=O)c3ccncc3)ccc21. The van der Waals surface area contributed by atoms with E-state index in [2.05, 4.69) is 10.3 Å². The minimum atomic E-state index is -0.169. The molecule has 2 amide bonds. The lowest BCUT2D eigenvalue weighted by molar-refractivity contribution is -0.118. The maximum Gasteiger partial charge on any atom is 0.255 e. The maximum absolute atomic E-state index is 12.1. The minimum absolute atomic E-state index is 0.121. The molecule has 1 aromatic carbocycles. The van der Waals surface area contributed by atoms with E-state index >= 15 is 0 Å². The van der Waals surface area contributed by atoms with E-state index in [1.165, 1.54) is 0 Å². The van der Waals surface area contributed by atoms with Crippen molar-refractivity contribution in [1.82, 2.24) is 4.98 Å². The smallest absolute Gasteiger partial charge is 0.255 e. The van der Waals surface area contributed by atoms with Crippen LogP contribution >= 0.6 is 0 Å². The predicted molar refractivity (Wildman–Crippen MR) is 80.4 cm³/mol. The molecule has 2 heterocycles. The van der Waals surface area contributed by atoms with Crippen molar-refractivity contribution in [3.05, 3.63) is 53.9 Å². The molecular formula is C16H15N3O2. The van der Waals surface area contributed by atoms with E-state index in [9.17, 15) is 9.59 Å². The van der Waals surface area contributed by atoms with Gasteiger partial charge in [0.2, 0.25) is 5.91 Å². The van der Waals surface area contributed by atoms with E-state index in [-0.39, 0.29) is 11.8 Å². The number of benzene rings is 1. The van der Waals surface area contributed by atoms with Gasteiger partial charge in [-0.25, -0.2) is 0 Å². The highest BCUT2D eigenvalue weighted by Gasteiger charge is 2.21. The average molecular weight is 281 g/mol. The number of hydrogen-bond donors (Lipinski definition) is 1. The van der Waals surface area contributed by atoms with E-state index in [1.54, 1.807) is 36.5 Å². The van der Waals surface area contributed by atoms with Crippen molar-refractivity contribution in [1.29, 1.82) is 0 Å². The summed E-state index contributed by atoms with van der Waals surface area (Å²) in [6.07, 6.45) is 4.38. The van der Waals surface area contributed by atoms with E-state index in [0.717, 1.165) is 16.9 Å². The van der Waals surface area contributed by atoms with Crippen molar-refractivity contribution in [2.75, 3.05) is 17.3 Å². The molecule has 0 bridgehead atoms. The largest absolute Gasteiger partial charge is 0.322 e. The van der Waals surface area contributed by atoms with Gasteiger partial charge in [-0.15, -0.1) is 0 Å². The molecule has 0 saturated heterocycles. The van der Waals surface area contributed by atoms with Crippen LogP contribution in [0.25, 0.3) is 0 Å². The summed E-state index contributed by atoms with van der Waals surface area (Å²) in [5, 5.41) is 2.86. The van der Waals surface area contributed by atoms with Gasteiger partial charge < -0.3 is 10.2 Å². The summed E-state index contributed by atoms with van der Waals surface area (Å²) >= 11 is 0. The number of amides is 2. The molecule has 0 spiro atoms.